The molecule has 0 aromatic carbocycles. The highest BCUT2D eigenvalue weighted by Gasteiger charge is 2.24. The fourth-order valence-electron chi connectivity index (χ4n) is 1.57. The molecular formula is C11H22N2. The van der Waals surface area contributed by atoms with Gasteiger partial charge in [-0.05, 0) is 6.42 Å². The highest BCUT2D eigenvalue weighted by molar-refractivity contribution is 5.06. The number of nitrogens with one attached hydrogen (secondary N) is 1. The fraction of sp³-hybridized carbons (Fsp3) is 0.818. The maximum Gasteiger partial charge on any atom is 0.0300 e. The SMILES string of the molecule is C=C(N1CCNCC1)C(C)(C)CC. The summed E-state index contributed by atoms with van der Waals surface area (Å²) in [6.07, 6.45) is 1.16. The lowest BCUT2D eigenvalue weighted by molar-refractivity contribution is 0.227. The maximum absolute atomic E-state index is 4.22. The van der Waals surface area contributed by atoms with E-state index in [1.165, 1.54) is 5.70 Å². The smallest absolute Gasteiger partial charge is 0.0300 e. The average Bonchev–Trinajstić information content (AvgIpc) is 2.18. The molecule has 0 saturated carbocycles. The van der Waals surface area contributed by atoms with Crippen LogP contribution < -0.4 is 5.32 Å². The summed E-state index contributed by atoms with van der Waals surface area (Å²) in [4.78, 5) is 2.42. The molecule has 0 spiro atoms. The molecule has 2 heteroatoms. The van der Waals surface area contributed by atoms with Gasteiger partial charge in [0.25, 0.3) is 0 Å². The highest BCUT2D eigenvalue weighted by atomic mass is 15.2. The zero-order valence-corrected chi connectivity index (χ0v) is 9.19. The van der Waals surface area contributed by atoms with Gasteiger partial charge in [-0.25, -0.2) is 0 Å². The Morgan fingerprint density at radius 2 is 1.92 bits per heavy atom. The molecule has 1 aliphatic heterocycles. The van der Waals surface area contributed by atoms with E-state index < -0.39 is 0 Å². The second-order valence-electron chi connectivity index (χ2n) is 4.42. The van der Waals surface area contributed by atoms with E-state index in [0.717, 1.165) is 32.6 Å². The molecule has 76 valence electrons. The predicted octanol–water partition coefficient (Wildman–Crippen LogP) is 1.84. The third-order valence-electron chi connectivity index (χ3n) is 3.16. The van der Waals surface area contributed by atoms with E-state index >= 15 is 0 Å². The maximum atomic E-state index is 4.22. The molecule has 0 bridgehead atoms. The van der Waals surface area contributed by atoms with Gasteiger partial charge < -0.3 is 10.2 Å². The van der Waals surface area contributed by atoms with Crippen molar-refractivity contribution in [1.29, 1.82) is 0 Å². The predicted molar refractivity (Wildman–Crippen MR) is 57.7 cm³/mol. The molecule has 0 amide bonds. The van der Waals surface area contributed by atoms with Crippen LogP contribution in [0, 0.1) is 5.41 Å². The summed E-state index contributed by atoms with van der Waals surface area (Å²) >= 11 is 0. The molecule has 0 aromatic heterocycles. The minimum Gasteiger partial charge on any atom is -0.372 e. The van der Waals surface area contributed by atoms with E-state index in [1.807, 2.05) is 0 Å². The van der Waals surface area contributed by atoms with Crippen molar-refractivity contribution in [3.8, 4) is 0 Å². The quantitative estimate of drug-likeness (QED) is 0.716. The van der Waals surface area contributed by atoms with Crippen molar-refractivity contribution in [2.75, 3.05) is 26.2 Å². The van der Waals surface area contributed by atoms with Gasteiger partial charge in [0.2, 0.25) is 0 Å². The number of allylic oxidation sites excluding steroid dienone is 1. The molecule has 0 atom stereocenters. The van der Waals surface area contributed by atoms with E-state index in [-0.39, 0.29) is 5.41 Å². The molecule has 13 heavy (non-hydrogen) atoms. The van der Waals surface area contributed by atoms with Gasteiger partial charge in [-0.15, -0.1) is 0 Å². The summed E-state index contributed by atoms with van der Waals surface area (Å²) in [5.41, 5.74) is 1.56. The first-order valence-electron chi connectivity index (χ1n) is 5.23. The van der Waals surface area contributed by atoms with Crippen molar-refractivity contribution in [2.24, 2.45) is 5.41 Å². The molecule has 0 aromatic rings. The summed E-state index contributed by atoms with van der Waals surface area (Å²) in [5, 5.41) is 3.36. The van der Waals surface area contributed by atoms with Gasteiger partial charge in [-0.1, -0.05) is 27.4 Å². The molecule has 1 heterocycles. The third kappa shape index (κ3) is 2.47. The molecular weight excluding hydrogens is 160 g/mol. The van der Waals surface area contributed by atoms with Crippen LogP contribution in [0.25, 0.3) is 0 Å². The van der Waals surface area contributed by atoms with Crippen LogP contribution in [0.15, 0.2) is 12.3 Å². The molecule has 0 radical (unpaired) electrons. The molecule has 0 unspecified atom stereocenters. The van der Waals surface area contributed by atoms with Crippen molar-refractivity contribution in [2.45, 2.75) is 27.2 Å². The minimum atomic E-state index is 0.261. The van der Waals surface area contributed by atoms with E-state index in [4.69, 9.17) is 0 Å². The summed E-state index contributed by atoms with van der Waals surface area (Å²) in [7, 11) is 0. The highest BCUT2D eigenvalue weighted by Crippen LogP contribution is 2.30. The van der Waals surface area contributed by atoms with Crippen molar-refractivity contribution < 1.29 is 0 Å². The zero-order chi connectivity index (χ0) is 9.90. The lowest BCUT2D eigenvalue weighted by Gasteiger charge is -2.38. The Hall–Kier alpha value is -0.500. The van der Waals surface area contributed by atoms with Gasteiger partial charge in [0, 0.05) is 37.3 Å². The van der Waals surface area contributed by atoms with Crippen LogP contribution in [0.5, 0.6) is 0 Å². The molecule has 1 saturated heterocycles. The van der Waals surface area contributed by atoms with Gasteiger partial charge in [0.05, 0.1) is 0 Å². The summed E-state index contributed by atoms with van der Waals surface area (Å²) in [5.74, 6) is 0. The Kier molecular flexibility index (Phi) is 3.37. The molecule has 1 aliphatic rings. The normalized spacial score (nSPS) is 18.8. The van der Waals surface area contributed by atoms with Crippen molar-refractivity contribution >= 4 is 0 Å². The van der Waals surface area contributed by atoms with Crippen LogP contribution in [-0.2, 0) is 0 Å². The Morgan fingerprint density at radius 3 is 2.38 bits per heavy atom. The summed E-state index contributed by atoms with van der Waals surface area (Å²) < 4.78 is 0. The largest absolute Gasteiger partial charge is 0.372 e. The average molecular weight is 182 g/mol. The van der Waals surface area contributed by atoms with Crippen LogP contribution in [0.3, 0.4) is 0 Å². The molecule has 1 fully saturated rings. The first-order valence-corrected chi connectivity index (χ1v) is 5.23. The second-order valence-corrected chi connectivity index (χ2v) is 4.42. The molecule has 2 nitrogen and oxygen atoms in total. The van der Waals surface area contributed by atoms with E-state index in [0.29, 0.717) is 0 Å². The Morgan fingerprint density at radius 1 is 1.38 bits per heavy atom. The fourth-order valence-corrected chi connectivity index (χ4v) is 1.57. The number of hydrogen-bond acceptors (Lipinski definition) is 2. The van der Waals surface area contributed by atoms with E-state index in [9.17, 15) is 0 Å². The van der Waals surface area contributed by atoms with Crippen LogP contribution >= 0.6 is 0 Å². The number of piperazine rings is 1. The van der Waals surface area contributed by atoms with Gasteiger partial charge in [-0.2, -0.15) is 0 Å². The first-order chi connectivity index (χ1) is 6.08. The van der Waals surface area contributed by atoms with Crippen LogP contribution in [0.4, 0.5) is 0 Å². The topological polar surface area (TPSA) is 15.3 Å². The van der Waals surface area contributed by atoms with Crippen LogP contribution in [-0.4, -0.2) is 31.1 Å². The summed E-state index contributed by atoms with van der Waals surface area (Å²) in [6, 6.07) is 0. The van der Waals surface area contributed by atoms with Crippen molar-refractivity contribution in [3.05, 3.63) is 12.3 Å². The monoisotopic (exact) mass is 182 g/mol. The molecule has 1 rings (SSSR count). The lowest BCUT2D eigenvalue weighted by atomic mass is 9.86. The molecule has 0 aliphatic carbocycles. The lowest BCUT2D eigenvalue weighted by Crippen LogP contribution is -2.45. The van der Waals surface area contributed by atoms with E-state index in [1.54, 1.807) is 0 Å². The van der Waals surface area contributed by atoms with E-state index in [2.05, 4.69) is 37.6 Å². The van der Waals surface area contributed by atoms with Gasteiger partial charge >= 0.3 is 0 Å². The van der Waals surface area contributed by atoms with Crippen LogP contribution in [0.2, 0.25) is 0 Å². The third-order valence-corrected chi connectivity index (χ3v) is 3.16. The van der Waals surface area contributed by atoms with Crippen molar-refractivity contribution in [1.82, 2.24) is 10.2 Å². The Bertz CT molecular complexity index is 179. The van der Waals surface area contributed by atoms with Gasteiger partial charge in [0.15, 0.2) is 0 Å². The number of nitrogens with zero attached hydrogens (tertiary/aromatic N) is 1. The van der Waals surface area contributed by atoms with Gasteiger partial charge in [-0.3, -0.25) is 0 Å². The second kappa shape index (κ2) is 4.14. The minimum absolute atomic E-state index is 0.261. The van der Waals surface area contributed by atoms with Crippen LogP contribution in [0.1, 0.15) is 27.2 Å². The Balaban J connectivity index is 2.55. The zero-order valence-electron chi connectivity index (χ0n) is 9.19. The summed E-state index contributed by atoms with van der Waals surface area (Å²) in [6.45, 7) is 15.4. The van der Waals surface area contributed by atoms with Gasteiger partial charge in [0.1, 0.15) is 0 Å². The first kappa shape index (κ1) is 10.6. The standard InChI is InChI=1S/C11H22N2/c1-5-11(3,4)10(2)13-8-6-12-7-9-13/h12H,2,5-9H2,1,3-4H3. The molecule has 1 N–H and O–H groups in total. The Labute approximate surface area is 82.0 Å². The number of hydrogen-bond donors (Lipinski definition) is 1. The number of rotatable bonds is 3. The van der Waals surface area contributed by atoms with Crippen molar-refractivity contribution in [3.63, 3.8) is 0 Å².